The highest BCUT2D eigenvalue weighted by atomic mass is 127. The molecule has 1 aromatic heterocycles. The molecule has 72 valence electrons. The molecule has 5 heteroatoms. The molecule has 0 unspecified atom stereocenters. The van der Waals surface area contributed by atoms with E-state index in [9.17, 15) is 0 Å². The van der Waals surface area contributed by atoms with Crippen LogP contribution in [0, 0.1) is 3.57 Å². The molecule has 2 aromatic rings. The van der Waals surface area contributed by atoms with Crippen molar-refractivity contribution in [3.8, 4) is 11.4 Å². The minimum Gasteiger partial charge on any atom is -0.338 e. The predicted molar refractivity (Wildman–Crippen MR) is 60.3 cm³/mol. The molecule has 0 saturated carbocycles. The van der Waals surface area contributed by atoms with Crippen LogP contribution in [0.5, 0.6) is 0 Å². The molecule has 1 heterocycles. The van der Waals surface area contributed by atoms with E-state index in [0.717, 1.165) is 9.13 Å². The zero-order valence-corrected chi connectivity index (χ0v) is 9.43. The summed E-state index contributed by atoms with van der Waals surface area (Å²) in [5.74, 6) is 1.05. The number of aromatic nitrogens is 2. The van der Waals surface area contributed by atoms with Crippen molar-refractivity contribution >= 4 is 22.6 Å². The van der Waals surface area contributed by atoms with Gasteiger partial charge in [0.2, 0.25) is 11.7 Å². The van der Waals surface area contributed by atoms with Gasteiger partial charge in [0, 0.05) is 9.13 Å². The Hall–Kier alpha value is -0.950. The predicted octanol–water partition coefficient (Wildman–Crippen LogP) is 1.80. The smallest absolute Gasteiger partial charge is 0.240 e. The van der Waals surface area contributed by atoms with Crippen molar-refractivity contribution in [1.82, 2.24) is 10.1 Å². The number of benzene rings is 1. The summed E-state index contributed by atoms with van der Waals surface area (Å²) in [5, 5.41) is 3.85. The van der Waals surface area contributed by atoms with E-state index in [2.05, 4.69) is 32.7 Å². The van der Waals surface area contributed by atoms with Gasteiger partial charge in [-0.2, -0.15) is 4.98 Å². The van der Waals surface area contributed by atoms with Crippen LogP contribution in [0.2, 0.25) is 0 Å². The Kier molecular flexibility index (Phi) is 2.78. The molecule has 2 rings (SSSR count). The average Bonchev–Trinajstić information content (AvgIpc) is 2.67. The van der Waals surface area contributed by atoms with Crippen LogP contribution in [0.4, 0.5) is 0 Å². The third kappa shape index (κ3) is 1.78. The van der Waals surface area contributed by atoms with Crippen molar-refractivity contribution in [3.63, 3.8) is 0 Å². The second-order valence-electron chi connectivity index (χ2n) is 2.70. The fourth-order valence-electron chi connectivity index (χ4n) is 1.09. The summed E-state index contributed by atoms with van der Waals surface area (Å²) in [7, 11) is 0. The Morgan fingerprint density at radius 3 is 2.79 bits per heavy atom. The minimum absolute atomic E-state index is 0.274. The van der Waals surface area contributed by atoms with E-state index in [1.807, 2.05) is 24.3 Å². The fraction of sp³-hybridized carbons (Fsp3) is 0.111. The average molecular weight is 301 g/mol. The number of hydrogen-bond acceptors (Lipinski definition) is 4. The summed E-state index contributed by atoms with van der Waals surface area (Å²) in [6.45, 7) is 0.274. The minimum atomic E-state index is 0.274. The van der Waals surface area contributed by atoms with Crippen molar-refractivity contribution in [2.75, 3.05) is 0 Å². The van der Waals surface area contributed by atoms with Crippen LogP contribution in [0.15, 0.2) is 28.8 Å². The molecule has 0 aliphatic rings. The summed E-state index contributed by atoms with van der Waals surface area (Å²) >= 11 is 2.23. The van der Waals surface area contributed by atoms with Gasteiger partial charge in [-0.05, 0) is 34.7 Å². The van der Waals surface area contributed by atoms with Crippen molar-refractivity contribution in [1.29, 1.82) is 0 Å². The van der Waals surface area contributed by atoms with Gasteiger partial charge in [0.15, 0.2) is 0 Å². The Morgan fingerprint density at radius 2 is 2.14 bits per heavy atom. The molecule has 2 N–H and O–H groups in total. The highest BCUT2D eigenvalue weighted by molar-refractivity contribution is 14.1. The lowest BCUT2D eigenvalue weighted by Gasteiger charge is -1.96. The van der Waals surface area contributed by atoms with E-state index >= 15 is 0 Å². The topological polar surface area (TPSA) is 64.9 Å². The van der Waals surface area contributed by atoms with Gasteiger partial charge in [0.25, 0.3) is 0 Å². The number of nitrogens with two attached hydrogens (primary N) is 1. The molecule has 1 aromatic carbocycles. The Morgan fingerprint density at radius 1 is 1.36 bits per heavy atom. The molecule has 0 fully saturated rings. The molecular weight excluding hydrogens is 293 g/mol. The summed E-state index contributed by atoms with van der Waals surface area (Å²) < 4.78 is 6.03. The summed E-state index contributed by atoms with van der Waals surface area (Å²) in [4.78, 5) is 4.15. The lowest BCUT2D eigenvalue weighted by molar-refractivity contribution is 0.380. The van der Waals surface area contributed by atoms with Crippen molar-refractivity contribution in [2.24, 2.45) is 5.73 Å². The van der Waals surface area contributed by atoms with Gasteiger partial charge in [0.05, 0.1) is 6.54 Å². The normalized spacial score (nSPS) is 10.4. The van der Waals surface area contributed by atoms with Crippen LogP contribution in [-0.4, -0.2) is 10.1 Å². The fourth-order valence-corrected chi connectivity index (χ4v) is 1.72. The first-order chi connectivity index (χ1) is 6.81. The zero-order valence-electron chi connectivity index (χ0n) is 7.27. The quantitative estimate of drug-likeness (QED) is 0.859. The van der Waals surface area contributed by atoms with Gasteiger partial charge in [-0.1, -0.05) is 17.3 Å². The van der Waals surface area contributed by atoms with E-state index in [0.29, 0.717) is 11.7 Å². The maximum Gasteiger partial charge on any atom is 0.240 e. The lowest BCUT2D eigenvalue weighted by Crippen LogP contribution is -1.95. The molecule has 0 bridgehead atoms. The van der Waals surface area contributed by atoms with Crippen LogP contribution in [0.1, 0.15) is 5.89 Å². The van der Waals surface area contributed by atoms with Gasteiger partial charge in [-0.3, -0.25) is 0 Å². The Bertz CT molecular complexity index is 441. The highest BCUT2D eigenvalue weighted by Gasteiger charge is 2.09. The number of nitrogens with zero attached hydrogens (tertiary/aromatic N) is 2. The molecule has 0 aliphatic heterocycles. The molecule has 0 radical (unpaired) electrons. The van der Waals surface area contributed by atoms with E-state index in [4.69, 9.17) is 10.3 Å². The van der Waals surface area contributed by atoms with Gasteiger partial charge in [-0.25, -0.2) is 0 Å². The maximum absolute atomic E-state index is 5.38. The standard InChI is InChI=1S/C9H8IN3O/c10-7-4-2-1-3-6(7)9-12-8(5-11)14-13-9/h1-4H,5,11H2. The Labute approximate surface area is 94.6 Å². The van der Waals surface area contributed by atoms with Crippen LogP contribution >= 0.6 is 22.6 Å². The van der Waals surface area contributed by atoms with Gasteiger partial charge in [-0.15, -0.1) is 0 Å². The maximum atomic E-state index is 5.38. The molecular formula is C9H8IN3O. The zero-order chi connectivity index (χ0) is 9.97. The monoisotopic (exact) mass is 301 g/mol. The molecule has 0 spiro atoms. The van der Waals surface area contributed by atoms with E-state index < -0.39 is 0 Å². The number of halogens is 1. The third-order valence-corrected chi connectivity index (χ3v) is 2.70. The molecule has 4 nitrogen and oxygen atoms in total. The van der Waals surface area contributed by atoms with Crippen LogP contribution < -0.4 is 5.73 Å². The highest BCUT2D eigenvalue weighted by Crippen LogP contribution is 2.21. The van der Waals surface area contributed by atoms with Crippen LogP contribution in [0.3, 0.4) is 0 Å². The largest absolute Gasteiger partial charge is 0.338 e. The first kappa shape index (κ1) is 9.60. The molecule has 0 atom stereocenters. The van der Waals surface area contributed by atoms with Gasteiger partial charge < -0.3 is 10.3 Å². The SMILES string of the molecule is NCc1nc(-c2ccccc2I)no1. The lowest BCUT2D eigenvalue weighted by atomic mass is 10.2. The summed E-state index contributed by atoms with van der Waals surface area (Å²) in [6.07, 6.45) is 0. The second-order valence-corrected chi connectivity index (χ2v) is 3.86. The molecule has 0 aliphatic carbocycles. The van der Waals surface area contributed by atoms with Crippen molar-refractivity contribution in [3.05, 3.63) is 33.7 Å². The number of rotatable bonds is 2. The van der Waals surface area contributed by atoms with E-state index in [-0.39, 0.29) is 6.54 Å². The van der Waals surface area contributed by atoms with Crippen LogP contribution in [-0.2, 0) is 6.54 Å². The van der Waals surface area contributed by atoms with E-state index in [1.54, 1.807) is 0 Å². The Balaban J connectivity index is 2.44. The summed E-state index contributed by atoms with van der Waals surface area (Å²) in [5.41, 5.74) is 6.35. The van der Waals surface area contributed by atoms with Crippen LogP contribution in [0.25, 0.3) is 11.4 Å². The number of hydrogen-bond donors (Lipinski definition) is 1. The van der Waals surface area contributed by atoms with Crippen molar-refractivity contribution in [2.45, 2.75) is 6.54 Å². The second kappa shape index (κ2) is 4.05. The van der Waals surface area contributed by atoms with E-state index in [1.165, 1.54) is 0 Å². The first-order valence-corrected chi connectivity index (χ1v) is 5.16. The molecule has 0 saturated heterocycles. The molecule has 14 heavy (non-hydrogen) atoms. The first-order valence-electron chi connectivity index (χ1n) is 4.09. The molecule has 0 amide bonds. The van der Waals surface area contributed by atoms with Gasteiger partial charge >= 0.3 is 0 Å². The van der Waals surface area contributed by atoms with Crippen molar-refractivity contribution < 1.29 is 4.52 Å². The third-order valence-electron chi connectivity index (χ3n) is 1.76. The van der Waals surface area contributed by atoms with Gasteiger partial charge in [0.1, 0.15) is 0 Å². The summed E-state index contributed by atoms with van der Waals surface area (Å²) in [6, 6.07) is 7.85.